The van der Waals surface area contributed by atoms with Crippen molar-refractivity contribution in [1.29, 1.82) is 5.26 Å². The number of pyridine rings is 1. The number of benzene rings is 2. The van der Waals surface area contributed by atoms with Crippen LogP contribution >= 0.6 is 0 Å². The quantitative estimate of drug-likeness (QED) is 0.205. The van der Waals surface area contributed by atoms with Crippen molar-refractivity contribution < 1.29 is 2.85 Å². The summed E-state index contributed by atoms with van der Waals surface area (Å²) < 4.78 is 1.77. The topological polar surface area (TPSA) is 57.8 Å². The van der Waals surface area contributed by atoms with Gasteiger partial charge in [0.1, 0.15) is 0 Å². The van der Waals surface area contributed by atoms with E-state index in [-0.39, 0.29) is 14.5 Å². The second kappa shape index (κ2) is 12.8. The summed E-state index contributed by atoms with van der Waals surface area (Å²) in [4.78, 5) is 12.5. The van der Waals surface area contributed by atoms with Crippen LogP contribution in [0.2, 0.25) is 0 Å². The summed E-state index contributed by atoms with van der Waals surface area (Å²) in [6, 6.07) is 13.2. The van der Waals surface area contributed by atoms with Crippen LogP contribution < -0.4 is 10.9 Å². The Morgan fingerprint density at radius 1 is 1.13 bits per heavy atom. The molecule has 0 spiro atoms. The van der Waals surface area contributed by atoms with Crippen LogP contribution in [0.3, 0.4) is 0 Å². The third-order valence-electron chi connectivity index (χ3n) is 7.82. The summed E-state index contributed by atoms with van der Waals surface area (Å²) >= 11 is 0. The molecule has 2 aliphatic rings. The molecule has 4 nitrogen and oxygen atoms in total. The van der Waals surface area contributed by atoms with Crippen LogP contribution in [0, 0.1) is 55.3 Å². The van der Waals surface area contributed by atoms with Crippen molar-refractivity contribution in [3.63, 3.8) is 0 Å². The van der Waals surface area contributed by atoms with Crippen LogP contribution in [0.25, 0.3) is 22.0 Å². The lowest BCUT2D eigenvalue weighted by molar-refractivity contribution is 0.505. The van der Waals surface area contributed by atoms with Gasteiger partial charge in [-0.15, -0.1) is 24.7 Å². The molecule has 0 unspecified atom stereocenters. The fourth-order valence-electron chi connectivity index (χ4n) is 5.37. The molecule has 4 heteroatoms. The van der Waals surface area contributed by atoms with Crippen LogP contribution in [0.4, 0.5) is 0 Å². The zero-order valence-corrected chi connectivity index (χ0v) is 23.1. The SMILES string of the molecule is C#CCCCC#C.[CH2][C@@H](CC)CN[C@H](C#N)Cc1ccc(-c2ccc3c4c(c(=O)n(C)c3c2)[CH]4)c2c1CCC2.[HH].[HH]. The van der Waals surface area contributed by atoms with Crippen molar-refractivity contribution in [1.82, 2.24) is 9.88 Å². The van der Waals surface area contributed by atoms with Gasteiger partial charge in [0.2, 0.25) is 0 Å². The zero-order chi connectivity index (χ0) is 27.9. The lowest BCUT2D eigenvalue weighted by Gasteiger charge is -2.18. The number of terminal acetylenes is 2. The Kier molecular flexibility index (Phi) is 9.30. The lowest BCUT2D eigenvalue weighted by Crippen LogP contribution is -2.33. The average molecular weight is 520 g/mol. The van der Waals surface area contributed by atoms with E-state index in [1.54, 1.807) is 4.57 Å². The van der Waals surface area contributed by atoms with Crippen molar-refractivity contribution in [2.24, 2.45) is 13.0 Å². The Morgan fingerprint density at radius 3 is 2.56 bits per heavy atom. The van der Waals surface area contributed by atoms with Gasteiger partial charge in [-0.25, -0.2) is 0 Å². The second-order valence-corrected chi connectivity index (χ2v) is 10.5. The van der Waals surface area contributed by atoms with Crippen molar-refractivity contribution >= 4 is 10.9 Å². The number of nitriles is 1. The highest BCUT2D eigenvalue weighted by molar-refractivity contribution is 5.94. The van der Waals surface area contributed by atoms with Gasteiger partial charge in [0.15, 0.2) is 0 Å². The molecule has 1 aromatic heterocycles. The van der Waals surface area contributed by atoms with Gasteiger partial charge in [-0.3, -0.25) is 4.79 Å². The molecule has 39 heavy (non-hydrogen) atoms. The highest BCUT2D eigenvalue weighted by atomic mass is 16.1. The van der Waals surface area contributed by atoms with Crippen molar-refractivity contribution in [2.45, 2.75) is 64.3 Å². The number of fused-ring (bicyclic) bond motifs is 4. The lowest BCUT2D eigenvalue weighted by atomic mass is 9.90. The van der Waals surface area contributed by atoms with E-state index in [0.717, 1.165) is 85.5 Å². The summed E-state index contributed by atoms with van der Waals surface area (Å²) in [5.74, 6) is 5.34. The Labute approximate surface area is 236 Å². The molecule has 202 valence electrons. The smallest absolute Gasteiger partial charge is 0.254 e. The molecule has 3 aromatic rings. The van der Waals surface area contributed by atoms with E-state index in [1.807, 2.05) is 13.5 Å². The number of nitrogens with zero attached hydrogens (tertiary/aromatic N) is 2. The highest BCUT2D eigenvalue weighted by Crippen LogP contribution is 2.39. The van der Waals surface area contributed by atoms with E-state index in [1.165, 1.54) is 22.3 Å². The number of hydrogen-bond acceptors (Lipinski definition) is 3. The first-order valence-corrected chi connectivity index (χ1v) is 13.9. The monoisotopic (exact) mass is 519 g/mol. The van der Waals surface area contributed by atoms with Gasteiger partial charge >= 0.3 is 0 Å². The Bertz CT molecular complexity index is 1540. The van der Waals surface area contributed by atoms with Crippen LogP contribution in [-0.4, -0.2) is 17.2 Å². The van der Waals surface area contributed by atoms with Gasteiger partial charge in [0.05, 0.1) is 17.6 Å². The zero-order valence-electron chi connectivity index (χ0n) is 23.1. The summed E-state index contributed by atoms with van der Waals surface area (Å²) in [5, 5.41) is 14.2. The molecule has 0 saturated carbocycles. The minimum absolute atomic E-state index is 0. The van der Waals surface area contributed by atoms with Gasteiger partial charge in [-0.2, -0.15) is 5.26 Å². The molecule has 2 atom stereocenters. The van der Waals surface area contributed by atoms with Gasteiger partial charge in [-0.1, -0.05) is 37.6 Å². The fourth-order valence-corrected chi connectivity index (χ4v) is 5.37. The van der Waals surface area contributed by atoms with E-state index in [2.05, 4.69) is 67.4 Å². The molecule has 0 amide bonds. The maximum Gasteiger partial charge on any atom is 0.254 e. The first-order chi connectivity index (χ1) is 18.9. The Balaban J connectivity index is 0.000000585. The van der Waals surface area contributed by atoms with Crippen LogP contribution in [-0.2, 0) is 26.3 Å². The van der Waals surface area contributed by atoms with E-state index < -0.39 is 0 Å². The molecular formula is C35H41N3O. The summed E-state index contributed by atoms with van der Waals surface area (Å²) in [6.07, 6.45) is 19.5. The predicted molar refractivity (Wildman–Crippen MR) is 165 cm³/mol. The molecular weight excluding hydrogens is 478 g/mol. The standard InChI is InChI=1S/C28H29N3O.C7H8.2H2/c1-4-17(2)16-30-20(15-29)12-18-8-10-22(23-7-5-6-21(18)23)19-9-11-24-25-14-26(25)28(32)31(3)27(24)13-19;1-3-5-7-6-4-2;;/h8-11,13-14,17,20,30H,2,4-7,12,16H2,1,3H3;1-2H,5-7H2;2*1H/t17-,20-;;;/m0.../s1. The van der Waals surface area contributed by atoms with Crippen molar-refractivity contribution in [3.8, 4) is 41.9 Å². The molecule has 1 heterocycles. The molecule has 2 aromatic carbocycles. The maximum atomic E-state index is 12.5. The van der Waals surface area contributed by atoms with Crippen molar-refractivity contribution in [3.05, 3.63) is 81.8 Å². The van der Waals surface area contributed by atoms with Gasteiger partial charge in [-0.05, 0) is 84.5 Å². The van der Waals surface area contributed by atoms with Gasteiger partial charge in [0.25, 0.3) is 5.56 Å². The number of unbranched alkanes of at least 4 members (excludes halogenated alkanes) is 2. The minimum Gasteiger partial charge on any atom is -0.311 e. The van der Waals surface area contributed by atoms with Gasteiger partial charge < -0.3 is 9.88 Å². The first-order valence-electron chi connectivity index (χ1n) is 13.9. The molecule has 0 bridgehead atoms. The molecule has 0 fully saturated rings. The average Bonchev–Trinajstić information content (AvgIpc) is 3.61. The number of rotatable bonds is 9. The van der Waals surface area contributed by atoms with E-state index >= 15 is 0 Å². The van der Waals surface area contributed by atoms with Crippen LogP contribution in [0.15, 0.2) is 35.1 Å². The van der Waals surface area contributed by atoms with Crippen LogP contribution in [0.1, 0.15) is 69.7 Å². The first kappa shape index (κ1) is 28.2. The minimum atomic E-state index is -0.193. The number of hydrogen-bond donors (Lipinski definition) is 1. The van der Waals surface area contributed by atoms with E-state index in [4.69, 9.17) is 12.8 Å². The Hall–Kier alpha value is -3.78. The summed E-state index contributed by atoms with van der Waals surface area (Å²) in [7, 11) is 1.86. The maximum absolute atomic E-state index is 12.5. The molecule has 2 radical (unpaired) electrons. The van der Waals surface area contributed by atoms with Crippen LogP contribution in [0.5, 0.6) is 0 Å². The second-order valence-electron chi connectivity index (χ2n) is 10.5. The molecule has 0 aliphatic heterocycles. The third kappa shape index (κ3) is 6.28. The molecule has 5 rings (SSSR count). The number of aromatic nitrogens is 1. The number of nitrogens with one attached hydrogen (secondary N) is 1. The number of aryl methyl sites for hydroxylation is 1. The largest absolute Gasteiger partial charge is 0.311 e. The summed E-state index contributed by atoms with van der Waals surface area (Å²) in [5.41, 5.74) is 9.55. The van der Waals surface area contributed by atoms with Gasteiger partial charge in [0, 0.05) is 46.5 Å². The van der Waals surface area contributed by atoms with E-state index in [9.17, 15) is 10.1 Å². The normalized spacial score (nSPS) is 14.2. The van der Waals surface area contributed by atoms with Crippen molar-refractivity contribution in [2.75, 3.05) is 6.54 Å². The fraction of sp³-hybridized carbons (Fsp3) is 0.371. The molecule has 1 N–H and O–H groups in total. The Morgan fingerprint density at radius 2 is 1.87 bits per heavy atom. The molecule has 2 aliphatic carbocycles. The predicted octanol–water partition coefficient (Wildman–Crippen LogP) is 6.41. The third-order valence-corrected chi connectivity index (χ3v) is 7.82. The highest BCUT2D eigenvalue weighted by Gasteiger charge is 2.27. The van der Waals surface area contributed by atoms with E-state index in [0.29, 0.717) is 5.92 Å². The summed E-state index contributed by atoms with van der Waals surface area (Å²) in [6.45, 7) is 7.01. The molecule has 0 saturated heterocycles.